The molecule has 4 atom stereocenters. The van der Waals surface area contributed by atoms with E-state index >= 15 is 0 Å². The van der Waals surface area contributed by atoms with Crippen molar-refractivity contribution in [2.24, 2.45) is 13.0 Å². The number of halogens is 3. The Labute approximate surface area is 358 Å². The van der Waals surface area contributed by atoms with Gasteiger partial charge in [-0.15, -0.1) is 0 Å². The summed E-state index contributed by atoms with van der Waals surface area (Å²) in [5.41, 5.74) is -0.724. The summed E-state index contributed by atoms with van der Waals surface area (Å²) < 4.78 is 49.4. The predicted molar refractivity (Wildman–Crippen MR) is 226 cm³/mol. The minimum absolute atomic E-state index is 0.00463. The summed E-state index contributed by atoms with van der Waals surface area (Å²) in [6.45, 7) is 8.61. The summed E-state index contributed by atoms with van der Waals surface area (Å²) in [4.78, 5) is 56.8. The van der Waals surface area contributed by atoms with Gasteiger partial charge in [-0.1, -0.05) is 12.1 Å². The van der Waals surface area contributed by atoms with Gasteiger partial charge in [-0.2, -0.15) is 23.5 Å². The topological polar surface area (TPSA) is 153 Å². The fourth-order valence-corrected chi connectivity index (χ4v) is 10.6. The second-order valence-electron chi connectivity index (χ2n) is 17.6. The summed E-state index contributed by atoms with van der Waals surface area (Å²) in [6.07, 6.45) is 2.96. The van der Waals surface area contributed by atoms with Crippen LogP contribution >= 0.6 is 12.2 Å². The number of hydrogen-bond acceptors (Lipinski definition) is 9. The number of fused-ring (bicyclic) bond motifs is 1. The van der Waals surface area contributed by atoms with E-state index in [9.17, 15) is 37.6 Å². The van der Waals surface area contributed by atoms with E-state index in [4.69, 9.17) is 17.0 Å². The number of nitriles is 1. The van der Waals surface area contributed by atoms with Crippen LogP contribution in [0.2, 0.25) is 0 Å². The highest BCUT2D eigenvalue weighted by molar-refractivity contribution is 7.80. The smallest absolute Gasteiger partial charge is 0.378 e. The van der Waals surface area contributed by atoms with E-state index in [2.05, 4.69) is 34.5 Å². The Morgan fingerprint density at radius 3 is 2.43 bits per heavy atom. The quantitative estimate of drug-likeness (QED) is 0.118. The standard InChI is InChI=1S/C44H53F3N8O5S/c1-25-20-31(21-26(2)53(25)24-37(57)49-35-10-6-9-32-38(51-52(5)39(32)35)33-17-18-36(56)50-40(33)58)60-19-7-8-27-11-14-29(15-12-27)55-42(61)54(41(59)43(55,3)4)30-16-13-28(23-48)34(22-30)44(45,46)47/h6,9-10,13,16,22,25-27,29,31,33H,7-8,11-12,14-15,17-21,24H2,1-5H3,(H,49,57)(H,50,56,58)/t25-,26+,27-,29-,31+,33?. The molecule has 1 aromatic heterocycles. The van der Waals surface area contributed by atoms with Crippen molar-refractivity contribution in [1.29, 1.82) is 5.26 Å². The van der Waals surface area contributed by atoms with Crippen LogP contribution in [0.25, 0.3) is 10.9 Å². The van der Waals surface area contributed by atoms with Crippen LogP contribution in [0, 0.1) is 17.2 Å². The number of likely N-dealkylation sites (tertiary alicyclic amines) is 1. The number of para-hydroxylation sites is 1. The molecule has 3 saturated heterocycles. The van der Waals surface area contributed by atoms with Crippen molar-refractivity contribution in [2.45, 2.75) is 134 Å². The van der Waals surface area contributed by atoms with Crippen molar-refractivity contribution in [3.63, 3.8) is 0 Å². The lowest BCUT2D eigenvalue weighted by molar-refractivity contribution is -0.138. The lowest BCUT2D eigenvalue weighted by Gasteiger charge is -2.42. The SMILES string of the molecule is C[C@@H]1C[C@H](OCCC[C@H]2CC[C@H](N3C(=S)N(c4ccc(C#N)c(C(F)(F)F)c4)C(=O)C3(C)C)CC2)C[C@H](C)N1CC(=O)Nc1cccc2c(C3CCC(=O)NC3=O)nn(C)c12. The number of anilines is 2. The molecule has 1 unspecified atom stereocenters. The summed E-state index contributed by atoms with van der Waals surface area (Å²) >= 11 is 5.77. The number of imide groups is 1. The predicted octanol–water partition coefficient (Wildman–Crippen LogP) is 6.93. The number of aryl methyl sites for hydroxylation is 1. The number of thiocarbonyl (C=S) groups is 1. The van der Waals surface area contributed by atoms with Gasteiger partial charge in [0.05, 0.1) is 58.3 Å². The molecule has 7 rings (SSSR count). The van der Waals surface area contributed by atoms with Crippen LogP contribution in [-0.2, 0) is 37.1 Å². The van der Waals surface area contributed by atoms with Crippen molar-refractivity contribution in [1.82, 2.24) is 24.9 Å². The van der Waals surface area contributed by atoms with Crippen LogP contribution < -0.4 is 15.5 Å². The van der Waals surface area contributed by atoms with Gasteiger partial charge in [0.25, 0.3) is 5.91 Å². The minimum Gasteiger partial charge on any atom is -0.378 e. The normalized spacial score (nSPS) is 26.1. The van der Waals surface area contributed by atoms with E-state index in [1.807, 2.05) is 23.1 Å². The molecule has 0 bridgehead atoms. The van der Waals surface area contributed by atoms with E-state index in [-0.39, 0.29) is 65.7 Å². The lowest BCUT2D eigenvalue weighted by Crippen LogP contribution is -2.51. The molecule has 0 radical (unpaired) electrons. The van der Waals surface area contributed by atoms with Gasteiger partial charge in [0, 0.05) is 43.6 Å². The number of nitrogens with one attached hydrogen (secondary N) is 2. The Balaban J connectivity index is 0.861. The highest BCUT2D eigenvalue weighted by atomic mass is 32.1. The van der Waals surface area contributed by atoms with Crippen LogP contribution in [0.1, 0.15) is 115 Å². The van der Waals surface area contributed by atoms with Crippen LogP contribution in [0.3, 0.4) is 0 Å². The molecule has 2 aromatic carbocycles. The Morgan fingerprint density at radius 2 is 1.77 bits per heavy atom. The van der Waals surface area contributed by atoms with Gasteiger partial charge in [0.2, 0.25) is 17.7 Å². The second kappa shape index (κ2) is 17.5. The molecule has 4 heterocycles. The Bertz CT molecular complexity index is 2250. The third-order valence-corrected chi connectivity index (χ3v) is 13.5. The maximum Gasteiger partial charge on any atom is 0.417 e. The highest BCUT2D eigenvalue weighted by Crippen LogP contribution is 2.42. The molecule has 1 saturated carbocycles. The molecule has 17 heteroatoms. The summed E-state index contributed by atoms with van der Waals surface area (Å²) in [5, 5.41) is 20.3. The zero-order valence-electron chi connectivity index (χ0n) is 35.2. The van der Waals surface area contributed by atoms with Gasteiger partial charge in [-0.25, -0.2) is 0 Å². The molecule has 3 aromatic rings. The average molecular weight is 863 g/mol. The molecule has 326 valence electrons. The number of benzene rings is 2. The molecular weight excluding hydrogens is 810 g/mol. The maximum atomic E-state index is 13.8. The van der Waals surface area contributed by atoms with Gasteiger partial charge in [0.1, 0.15) is 5.54 Å². The molecular formula is C44H53F3N8O5S. The summed E-state index contributed by atoms with van der Waals surface area (Å²) in [6, 6.07) is 10.6. The first kappa shape index (κ1) is 44.1. The lowest BCUT2D eigenvalue weighted by atomic mass is 9.82. The largest absolute Gasteiger partial charge is 0.417 e. The number of nitrogens with zero attached hydrogens (tertiary/aromatic N) is 6. The zero-order valence-corrected chi connectivity index (χ0v) is 36.0. The van der Waals surface area contributed by atoms with Gasteiger partial charge >= 0.3 is 6.18 Å². The van der Waals surface area contributed by atoms with Crippen molar-refractivity contribution in [3.8, 4) is 6.07 Å². The highest BCUT2D eigenvalue weighted by Gasteiger charge is 2.52. The Kier molecular flexibility index (Phi) is 12.6. The van der Waals surface area contributed by atoms with Gasteiger partial charge < -0.3 is 15.0 Å². The second-order valence-corrected chi connectivity index (χ2v) is 18.0. The number of carbonyl (C=O) groups is 4. The zero-order chi connectivity index (χ0) is 44.0. The monoisotopic (exact) mass is 862 g/mol. The van der Waals surface area contributed by atoms with Crippen LogP contribution in [-0.4, -0.2) is 91.2 Å². The van der Waals surface area contributed by atoms with Crippen LogP contribution in [0.15, 0.2) is 36.4 Å². The van der Waals surface area contributed by atoms with Crippen molar-refractivity contribution >= 4 is 63.2 Å². The van der Waals surface area contributed by atoms with Gasteiger partial charge in [-0.3, -0.25) is 39.0 Å². The number of ether oxygens (including phenoxy) is 1. The molecule has 0 spiro atoms. The number of alkyl halides is 3. The number of rotatable bonds is 11. The van der Waals surface area contributed by atoms with Crippen molar-refractivity contribution < 1.29 is 37.1 Å². The molecule has 3 aliphatic heterocycles. The van der Waals surface area contributed by atoms with E-state index in [0.29, 0.717) is 35.8 Å². The first-order chi connectivity index (χ1) is 28.9. The van der Waals surface area contributed by atoms with E-state index in [0.717, 1.165) is 68.9 Å². The third kappa shape index (κ3) is 8.90. The van der Waals surface area contributed by atoms with E-state index in [1.165, 1.54) is 11.0 Å². The third-order valence-electron chi connectivity index (χ3n) is 13.1. The molecule has 61 heavy (non-hydrogen) atoms. The van der Waals surface area contributed by atoms with Gasteiger partial charge in [0.15, 0.2) is 5.11 Å². The molecule has 4 aliphatic rings. The maximum absolute atomic E-state index is 13.8. The van der Waals surface area contributed by atoms with Crippen LogP contribution in [0.4, 0.5) is 24.5 Å². The first-order valence-electron chi connectivity index (χ1n) is 21.1. The molecule has 4 amide bonds. The Hall–Kier alpha value is -4.92. The minimum atomic E-state index is -4.76. The number of piperidine rings is 2. The fraction of sp³-hybridized carbons (Fsp3) is 0.568. The molecule has 4 fully saturated rings. The molecule has 2 N–H and O–H groups in total. The summed E-state index contributed by atoms with van der Waals surface area (Å²) in [7, 11) is 1.78. The van der Waals surface area contributed by atoms with E-state index < -0.39 is 34.7 Å². The van der Waals surface area contributed by atoms with Crippen molar-refractivity contribution in [2.75, 3.05) is 23.4 Å². The van der Waals surface area contributed by atoms with Crippen molar-refractivity contribution in [3.05, 3.63) is 53.2 Å². The summed E-state index contributed by atoms with van der Waals surface area (Å²) in [5.74, 6) is -1.23. The number of hydrogen-bond donors (Lipinski definition) is 2. The van der Waals surface area contributed by atoms with Crippen LogP contribution in [0.5, 0.6) is 0 Å². The number of amides is 4. The fourth-order valence-electron chi connectivity index (χ4n) is 10.0. The Morgan fingerprint density at radius 1 is 1.07 bits per heavy atom. The first-order valence-corrected chi connectivity index (χ1v) is 21.6. The number of aromatic nitrogens is 2. The number of carbonyl (C=O) groups excluding carboxylic acids is 4. The average Bonchev–Trinajstić information content (AvgIpc) is 3.62. The molecule has 1 aliphatic carbocycles. The molecule has 13 nitrogen and oxygen atoms in total. The van der Waals surface area contributed by atoms with Gasteiger partial charge in [-0.05, 0) is 128 Å². The van der Waals surface area contributed by atoms with E-state index in [1.54, 1.807) is 31.6 Å².